The summed E-state index contributed by atoms with van der Waals surface area (Å²) in [5, 5.41) is 4.80. The van der Waals surface area contributed by atoms with E-state index in [4.69, 9.17) is 14.2 Å². The van der Waals surface area contributed by atoms with Crippen molar-refractivity contribution in [2.75, 3.05) is 19.5 Å². The normalized spacial score (nSPS) is 11.6. The molecule has 0 spiro atoms. The fourth-order valence-corrected chi connectivity index (χ4v) is 3.16. The van der Waals surface area contributed by atoms with Gasteiger partial charge in [0.05, 0.1) is 14.2 Å². The summed E-state index contributed by atoms with van der Waals surface area (Å²) in [6.45, 7) is 1.56. The minimum atomic E-state index is -0.901. The third kappa shape index (κ3) is 5.08. The number of nitrogens with one attached hydrogen (secondary N) is 1. The zero-order valence-electron chi connectivity index (χ0n) is 17.3. The molecule has 30 heavy (non-hydrogen) atoms. The van der Waals surface area contributed by atoms with Gasteiger partial charge in [0.25, 0.3) is 5.91 Å². The molecule has 0 aliphatic heterocycles. The number of amides is 1. The first-order chi connectivity index (χ1) is 14.5. The summed E-state index contributed by atoms with van der Waals surface area (Å²) in [5.74, 6) is 0.421. The molecule has 3 aromatic carbocycles. The van der Waals surface area contributed by atoms with E-state index in [0.717, 1.165) is 16.3 Å². The Morgan fingerprint density at radius 1 is 0.933 bits per heavy atom. The van der Waals surface area contributed by atoms with Crippen LogP contribution in [0.1, 0.15) is 18.9 Å². The molecule has 6 heteroatoms. The molecule has 0 radical (unpaired) electrons. The molecule has 1 amide bonds. The summed E-state index contributed by atoms with van der Waals surface area (Å²) in [6.07, 6.45) is -0.278. The lowest BCUT2D eigenvalue weighted by Gasteiger charge is -2.15. The van der Waals surface area contributed by atoms with E-state index in [2.05, 4.69) is 5.32 Å². The summed E-state index contributed by atoms with van der Waals surface area (Å²) in [7, 11) is 3.13. The van der Waals surface area contributed by atoms with Crippen LogP contribution in [0.5, 0.6) is 11.5 Å². The van der Waals surface area contributed by atoms with Gasteiger partial charge in [0.2, 0.25) is 0 Å². The number of carbonyl (C=O) groups excluding carboxylic acids is 2. The Labute approximate surface area is 175 Å². The van der Waals surface area contributed by atoms with Crippen molar-refractivity contribution >= 4 is 28.3 Å². The topological polar surface area (TPSA) is 73.9 Å². The van der Waals surface area contributed by atoms with E-state index in [0.29, 0.717) is 23.6 Å². The zero-order chi connectivity index (χ0) is 21.5. The molecule has 0 unspecified atom stereocenters. The van der Waals surface area contributed by atoms with Crippen LogP contribution in [0.4, 0.5) is 5.69 Å². The summed E-state index contributed by atoms with van der Waals surface area (Å²) in [6, 6.07) is 18.9. The first-order valence-corrected chi connectivity index (χ1v) is 9.71. The Balaban J connectivity index is 1.55. The molecule has 0 heterocycles. The van der Waals surface area contributed by atoms with E-state index >= 15 is 0 Å². The highest BCUT2D eigenvalue weighted by Crippen LogP contribution is 2.28. The lowest BCUT2D eigenvalue weighted by Crippen LogP contribution is -2.30. The average Bonchev–Trinajstić information content (AvgIpc) is 2.77. The number of ether oxygens (including phenoxy) is 3. The second-order valence-electron chi connectivity index (χ2n) is 6.84. The number of rotatable bonds is 8. The van der Waals surface area contributed by atoms with Gasteiger partial charge >= 0.3 is 5.97 Å². The largest absolute Gasteiger partial charge is 0.493 e. The lowest BCUT2D eigenvalue weighted by atomic mass is 10.1. The van der Waals surface area contributed by atoms with Crippen molar-refractivity contribution in [1.29, 1.82) is 0 Å². The summed E-state index contributed by atoms with van der Waals surface area (Å²) in [4.78, 5) is 24.7. The highest BCUT2D eigenvalue weighted by Gasteiger charge is 2.19. The second-order valence-corrected chi connectivity index (χ2v) is 6.84. The van der Waals surface area contributed by atoms with Gasteiger partial charge in [-0.3, -0.25) is 9.59 Å². The first-order valence-electron chi connectivity index (χ1n) is 9.71. The van der Waals surface area contributed by atoms with Crippen LogP contribution in [0.3, 0.4) is 0 Å². The number of carbonyl (C=O) groups is 2. The number of benzene rings is 3. The van der Waals surface area contributed by atoms with Gasteiger partial charge in [-0.2, -0.15) is 0 Å². The second kappa shape index (κ2) is 9.78. The molecular formula is C24H25NO5. The van der Waals surface area contributed by atoms with Gasteiger partial charge in [0.1, 0.15) is 0 Å². The van der Waals surface area contributed by atoms with Crippen molar-refractivity contribution in [2.45, 2.75) is 25.9 Å². The molecule has 0 aliphatic carbocycles. The van der Waals surface area contributed by atoms with E-state index < -0.39 is 12.1 Å². The molecule has 3 aromatic rings. The van der Waals surface area contributed by atoms with Crippen LogP contribution in [0.15, 0.2) is 60.7 Å². The van der Waals surface area contributed by atoms with Gasteiger partial charge in [0.15, 0.2) is 17.6 Å². The fraction of sp³-hybridized carbons (Fsp3) is 0.250. The highest BCUT2D eigenvalue weighted by atomic mass is 16.5. The van der Waals surface area contributed by atoms with Crippen LogP contribution in [-0.4, -0.2) is 32.2 Å². The Bertz CT molecular complexity index is 1040. The van der Waals surface area contributed by atoms with E-state index in [1.165, 1.54) is 0 Å². The van der Waals surface area contributed by atoms with Gasteiger partial charge in [-0.25, -0.2) is 0 Å². The summed E-state index contributed by atoms with van der Waals surface area (Å²) >= 11 is 0. The molecule has 0 aromatic heterocycles. The predicted octanol–water partition coefficient (Wildman–Crippen LogP) is 4.36. The Kier molecular flexibility index (Phi) is 6.91. The molecule has 0 fully saturated rings. The Hall–Kier alpha value is -3.54. The van der Waals surface area contributed by atoms with Gasteiger partial charge in [-0.15, -0.1) is 0 Å². The maximum atomic E-state index is 12.5. The Morgan fingerprint density at radius 3 is 2.43 bits per heavy atom. The minimum Gasteiger partial charge on any atom is -0.493 e. The number of esters is 1. The van der Waals surface area contributed by atoms with Crippen LogP contribution >= 0.6 is 0 Å². The minimum absolute atomic E-state index is 0.154. The van der Waals surface area contributed by atoms with Crippen LogP contribution in [0.2, 0.25) is 0 Å². The fourth-order valence-electron chi connectivity index (χ4n) is 3.16. The van der Waals surface area contributed by atoms with E-state index in [1.54, 1.807) is 27.2 Å². The molecule has 1 atom stereocenters. The average molecular weight is 407 g/mol. The van der Waals surface area contributed by atoms with Crippen molar-refractivity contribution in [1.82, 2.24) is 0 Å². The lowest BCUT2D eigenvalue weighted by molar-refractivity contribution is -0.153. The van der Waals surface area contributed by atoms with Crippen molar-refractivity contribution in [3.63, 3.8) is 0 Å². The van der Waals surface area contributed by atoms with Crippen molar-refractivity contribution in [3.8, 4) is 11.5 Å². The number of anilines is 1. The van der Waals surface area contributed by atoms with Crippen molar-refractivity contribution in [2.24, 2.45) is 0 Å². The van der Waals surface area contributed by atoms with Crippen molar-refractivity contribution < 1.29 is 23.8 Å². The van der Waals surface area contributed by atoms with E-state index in [1.807, 2.05) is 54.6 Å². The van der Waals surface area contributed by atoms with Gasteiger partial charge < -0.3 is 19.5 Å². The smallest absolute Gasteiger partial charge is 0.306 e. The zero-order valence-corrected chi connectivity index (χ0v) is 17.3. The van der Waals surface area contributed by atoms with Gasteiger partial charge in [-0.1, -0.05) is 42.5 Å². The van der Waals surface area contributed by atoms with Gasteiger partial charge in [-0.05, 0) is 42.5 Å². The first kappa shape index (κ1) is 21.2. The molecule has 6 nitrogen and oxygen atoms in total. The number of hydrogen-bond donors (Lipinski definition) is 1. The van der Waals surface area contributed by atoms with Crippen LogP contribution in [0.25, 0.3) is 10.8 Å². The van der Waals surface area contributed by atoms with E-state index in [-0.39, 0.29) is 12.3 Å². The number of hydrogen-bond acceptors (Lipinski definition) is 5. The molecule has 156 valence electrons. The monoisotopic (exact) mass is 407 g/mol. The predicted molar refractivity (Wildman–Crippen MR) is 116 cm³/mol. The quantitative estimate of drug-likeness (QED) is 0.562. The van der Waals surface area contributed by atoms with Gasteiger partial charge in [0, 0.05) is 17.5 Å². The highest BCUT2D eigenvalue weighted by molar-refractivity contribution is 6.03. The molecule has 0 bridgehead atoms. The molecule has 3 rings (SSSR count). The van der Waals surface area contributed by atoms with E-state index in [9.17, 15) is 9.59 Å². The molecule has 0 saturated heterocycles. The number of aryl methyl sites for hydroxylation is 1. The third-order valence-corrected chi connectivity index (χ3v) is 4.79. The molecular weight excluding hydrogens is 382 g/mol. The summed E-state index contributed by atoms with van der Waals surface area (Å²) in [5.41, 5.74) is 1.60. The van der Waals surface area contributed by atoms with Crippen LogP contribution < -0.4 is 14.8 Å². The third-order valence-electron chi connectivity index (χ3n) is 4.79. The number of methoxy groups -OCH3 is 2. The molecule has 0 saturated carbocycles. The number of fused-ring (bicyclic) bond motifs is 1. The maximum Gasteiger partial charge on any atom is 0.306 e. The maximum absolute atomic E-state index is 12.5. The molecule has 0 aliphatic rings. The van der Waals surface area contributed by atoms with Crippen molar-refractivity contribution in [3.05, 3.63) is 66.2 Å². The van der Waals surface area contributed by atoms with Crippen LogP contribution in [-0.2, 0) is 20.7 Å². The molecule has 1 N–H and O–H groups in total. The SMILES string of the molecule is COc1ccc(CCC(=O)O[C@@H](C)C(=O)Nc2cccc3ccccc23)cc1OC. The summed E-state index contributed by atoms with van der Waals surface area (Å²) < 4.78 is 15.8. The Morgan fingerprint density at radius 2 is 1.67 bits per heavy atom. The standard InChI is InChI=1S/C24H25NO5/c1-16(24(27)25-20-10-6-8-18-7-4-5-9-19(18)20)30-23(26)14-12-17-11-13-21(28-2)22(15-17)29-3/h4-11,13,15-16H,12,14H2,1-3H3,(H,25,27)/t16-/m0/s1. The van der Waals surface area contributed by atoms with Crippen LogP contribution in [0, 0.1) is 0 Å².